The summed E-state index contributed by atoms with van der Waals surface area (Å²) in [6, 6.07) is 0. The SMILES string of the molecule is Nc1ncnc2c1ncn2[C@]1(C(=O)O)O[C@H](CO)[C@@H](O)[C@H]1O. The number of imidazole rings is 1. The first-order chi connectivity index (χ1) is 10.4. The zero-order chi connectivity index (χ0) is 16.1. The molecule has 1 aliphatic rings. The van der Waals surface area contributed by atoms with Crippen molar-refractivity contribution in [2.24, 2.45) is 0 Å². The van der Waals surface area contributed by atoms with Gasteiger partial charge < -0.3 is 30.9 Å². The number of ether oxygens (including phenoxy) is 1. The maximum absolute atomic E-state index is 11.8. The van der Waals surface area contributed by atoms with E-state index in [0.29, 0.717) is 0 Å². The number of nitrogen functional groups attached to an aromatic ring is 1. The van der Waals surface area contributed by atoms with Gasteiger partial charge in [-0.2, -0.15) is 0 Å². The Labute approximate surface area is 122 Å². The predicted octanol–water partition coefficient (Wildman–Crippen LogP) is -2.74. The molecule has 0 aliphatic carbocycles. The smallest absolute Gasteiger partial charge is 0.361 e. The van der Waals surface area contributed by atoms with Gasteiger partial charge in [0, 0.05) is 0 Å². The Morgan fingerprint density at radius 3 is 2.73 bits per heavy atom. The summed E-state index contributed by atoms with van der Waals surface area (Å²) in [5.74, 6) is -1.55. The molecular weight excluding hydrogens is 298 g/mol. The Kier molecular flexibility index (Phi) is 3.21. The van der Waals surface area contributed by atoms with Crippen LogP contribution in [0.5, 0.6) is 0 Å². The van der Waals surface area contributed by atoms with Crippen LogP contribution in [0, 0.1) is 0 Å². The first kappa shape index (κ1) is 14.6. The van der Waals surface area contributed by atoms with E-state index in [1.54, 1.807) is 0 Å². The lowest BCUT2D eigenvalue weighted by molar-refractivity contribution is -0.194. The molecule has 0 unspecified atom stereocenters. The van der Waals surface area contributed by atoms with E-state index in [9.17, 15) is 20.1 Å². The maximum Gasteiger partial charge on any atom is 0.361 e. The van der Waals surface area contributed by atoms with Crippen LogP contribution in [0.15, 0.2) is 12.7 Å². The zero-order valence-corrected chi connectivity index (χ0v) is 11.1. The van der Waals surface area contributed by atoms with E-state index in [4.69, 9.17) is 15.6 Å². The van der Waals surface area contributed by atoms with Gasteiger partial charge in [-0.15, -0.1) is 0 Å². The minimum absolute atomic E-state index is 0.0136. The monoisotopic (exact) mass is 311 g/mol. The molecule has 0 radical (unpaired) electrons. The van der Waals surface area contributed by atoms with E-state index in [1.807, 2.05) is 0 Å². The maximum atomic E-state index is 11.8. The lowest BCUT2D eigenvalue weighted by atomic mass is 10.0. The standard InChI is InChI=1S/C11H13N5O6/c12-8-5-9(14-2-13-8)16(3-15-5)11(10(20)21)7(19)6(18)4(1-17)22-11/h2-4,6-7,17-19H,1H2,(H,20,21)(H2,12,13,14)/t4-,6-,7-,11+/m1/s1. The predicted molar refractivity (Wildman–Crippen MR) is 69.3 cm³/mol. The van der Waals surface area contributed by atoms with Gasteiger partial charge in [-0.1, -0.05) is 0 Å². The molecule has 3 rings (SSSR count). The number of nitrogens with two attached hydrogens (primary N) is 1. The number of nitrogens with zero attached hydrogens (tertiary/aromatic N) is 4. The highest BCUT2D eigenvalue weighted by atomic mass is 16.6. The summed E-state index contributed by atoms with van der Waals surface area (Å²) in [5, 5.41) is 38.8. The average molecular weight is 311 g/mol. The molecule has 0 spiro atoms. The van der Waals surface area contributed by atoms with Crippen molar-refractivity contribution in [2.75, 3.05) is 12.3 Å². The Hall–Kier alpha value is -2.34. The fourth-order valence-electron chi connectivity index (χ4n) is 2.53. The second kappa shape index (κ2) is 4.84. The molecule has 2 aromatic rings. The molecular formula is C11H13N5O6. The van der Waals surface area contributed by atoms with Crippen LogP contribution in [-0.4, -0.2) is 70.8 Å². The van der Waals surface area contributed by atoms with Crippen molar-refractivity contribution in [3.8, 4) is 0 Å². The van der Waals surface area contributed by atoms with Crippen LogP contribution in [0.4, 0.5) is 5.82 Å². The van der Waals surface area contributed by atoms with Crippen molar-refractivity contribution in [1.82, 2.24) is 19.5 Å². The van der Waals surface area contributed by atoms with Gasteiger partial charge in [0.1, 0.15) is 36.5 Å². The molecule has 3 heterocycles. The van der Waals surface area contributed by atoms with Crippen LogP contribution in [0.2, 0.25) is 0 Å². The molecule has 6 N–H and O–H groups in total. The van der Waals surface area contributed by atoms with E-state index in [-0.39, 0.29) is 17.0 Å². The van der Waals surface area contributed by atoms with Crippen molar-refractivity contribution < 1.29 is 30.0 Å². The van der Waals surface area contributed by atoms with E-state index < -0.39 is 36.6 Å². The van der Waals surface area contributed by atoms with Gasteiger partial charge in [0.25, 0.3) is 5.72 Å². The molecule has 0 bridgehead atoms. The highest BCUT2D eigenvalue weighted by molar-refractivity contribution is 5.85. The summed E-state index contributed by atoms with van der Waals surface area (Å²) in [4.78, 5) is 23.3. The number of hydrogen-bond acceptors (Lipinski definition) is 9. The second-order valence-corrected chi connectivity index (χ2v) is 4.82. The first-order valence-electron chi connectivity index (χ1n) is 6.25. The summed E-state index contributed by atoms with van der Waals surface area (Å²) in [7, 11) is 0. The van der Waals surface area contributed by atoms with Gasteiger partial charge in [0.2, 0.25) is 0 Å². The van der Waals surface area contributed by atoms with Gasteiger partial charge in [-0.3, -0.25) is 4.57 Å². The van der Waals surface area contributed by atoms with Crippen molar-refractivity contribution >= 4 is 23.0 Å². The van der Waals surface area contributed by atoms with E-state index >= 15 is 0 Å². The Balaban J connectivity index is 2.24. The molecule has 0 amide bonds. The number of fused-ring (bicyclic) bond motifs is 1. The molecule has 1 saturated heterocycles. The third-order valence-corrected chi connectivity index (χ3v) is 3.64. The molecule has 22 heavy (non-hydrogen) atoms. The summed E-state index contributed by atoms with van der Waals surface area (Å²) in [5.41, 5.74) is 3.39. The molecule has 1 fully saturated rings. The minimum Gasteiger partial charge on any atom is -0.478 e. The minimum atomic E-state index is -2.39. The highest BCUT2D eigenvalue weighted by Gasteiger charge is 2.61. The number of carboxylic acids is 1. The van der Waals surface area contributed by atoms with Crippen LogP contribution in [0.25, 0.3) is 11.2 Å². The fourth-order valence-corrected chi connectivity index (χ4v) is 2.53. The van der Waals surface area contributed by atoms with E-state index in [2.05, 4.69) is 15.0 Å². The van der Waals surface area contributed by atoms with Gasteiger partial charge in [-0.05, 0) is 0 Å². The Bertz CT molecular complexity index is 735. The lowest BCUT2D eigenvalue weighted by Gasteiger charge is -2.28. The van der Waals surface area contributed by atoms with E-state index in [1.165, 1.54) is 0 Å². The molecule has 2 aromatic heterocycles. The van der Waals surface area contributed by atoms with Crippen LogP contribution < -0.4 is 5.73 Å². The number of aliphatic carboxylic acids is 1. The molecule has 11 nitrogen and oxygen atoms in total. The number of carbonyl (C=O) groups is 1. The first-order valence-corrected chi connectivity index (χ1v) is 6.25. The van der Waals surface area contributed by atoms with Gasteiger partial charge in [-0.25, -0.2) is 19.7 Å². The Morgan fingerprint density at radius 2 is 2.14 bits per heavy atom. The third-order valence-electron chi connectivity index (χ3n) is 3.64. The van der Waals surface area contributed by atoms with Crippen molar-refractivity contribution in [2.45, 2.75) is 24.0 Å². The summed E-state index contributed by atoms with van der Waals surface area (Å²) >= 11 is 0. The third kappa shape index (κ3) is 1.70. The molecule has 118 valence electrons. The molecule has 0 saturated carbocycles. The number of aliphatic hydroxyl groups excluding tert-OH is 3. The number of aromatic nitrogens is 4. The van der Waals surface area contributed by atoms with E-state index in [0.717, 1.165) is 17.2 Å². The van der Waals surface area contributed by atoms with Crippen LogP contribution in [-0.2, 0) is 15.3 Å². The summed E-state index contributed by atoms with van der Waals surface area (Å²) in [6.45, 7) is -0.670. The number of aliphatic hydroxyl groups is 3. The highest BCUT2D eigenvalue weighted by Crippen LogP contribution is 2.38. The number of anilines is 1. The van der Waals surface area contributed by atoms with Crippen LogP contribution >= 0.6 is 0 Å². The van der Waals surface area contributed by atoms with Crippen LogP contribution in [0.1, 0.15) is 0 Å². The molecule has 11 heteroatoms. The number of rotatable bonds is 3. The largest absolute Gasteiger partial charge is 0.478 e. The van der Waals surface area contributed by atoms with Gasteiger partial charge in [0.15, 0.2) is 11.5 Å². The molecule has 1 aliphatic heterocycles. The Morgan fingerprint density at radius 1 is 1.41 bits per heavy atom. The fraction of sp³-hybridized carbons (Fsp3) is 0.455. The molecule has 0 aromatic carbocycles. The lowest BCUT2D eigenvalue weighted by Crippen LogP contribution is -2.51. The average Bonchev–Trinajstić information content (AvgIpc) is 3.02. The zero-order valence-electron chi connectivity index (χ0n) is 11.1. The second-order valence-electron chi connectivity index (χ2n) is 4.82. The van der Waals surface area contributed by atoms with Gasteiger partial charge >= 0.3 is 5.97 Å². The summed E-state index contributed by atoms with van der Waals surface area (Å²) < 4.78 is 6.20. The number of hydrogen-bond donors (Lipinski definition) is 5. The topological polar surface area (TPSA) is 177 Å². The van der Waals surface area contributed by atoms with Crippen LogP contribution in [0.3, 0.4) is 0 Å². The van der Waals surface area contributed by atoms with Crippen molar-refractivity contribution in [3.63, 3.8) is 0 Å². The van der Waals surface area contributed by atoms with Crippen molar-refractivity contribution in [3.05, 3.63) is 12.7 Å². The normalized spacial score (nSPS) is 31.7. The summed E-state index contributed by atoms with van der Waals surface area (Å²) in [6.07, 6.45) is -2.55. The molecule has 4 atom stereocenters. The number of carboxylic acid groups (broad SMARTS) is 1. The van der Waals surface area contributed by atoms with Gasteiger partial charge in [0.05, 0.1) is 6.61 Å². The van der Waals surface area contributed by atoms with Crippen molar-refractivity contribution in [1.29, 1.82) is 0 Å². The quantitative estimate of drug-likeness (QED) is 0.399.